The van der Waals surface area contributed by atoms with E-state index in [0.29, 0.717) is 24.6 Å². The van der Waals surface area contributed by atoms with E-state index in [1.54, 1.807) is 31.9 Å². The number of piperidine rings is 1. The van der Waals surface area contributed by atoms with E-state index < -0.39 is 6.10 Å². The van der Waals surface area contributed by atoms with E-state index in [0.717, 1.165) is 48.1 Å². The molecular weight excluding hydrogens is 416 g/mol. The van der Waals surface area contributed by atoms with Gasteiger partial charge in [0.25, 0.3) is 0 Å². The first-order valence-electron chi connectivity index (χ1n) is 11.4. The number of benzene rings is 1. The number of fused-ring (bicyclic) bond motifs is 1. The second-order valence-electron chi connectivity index (χ2n) is 8.50. The Labute approximate surface area is 194 Å². The third-order valence-corrected chi connectivity index (χ3v) is 6.44. The summed E-state index contributed by atoms with van der Waals surface area (Å²) in [6.07, 6.45) is 8.56. The first-order chi connectivity index (χ1) is 16.2. The summed E-state index contributed by atoms with van der Waals surface area (Å²) < 4.78 is 5.35. The maximum atomic E-state index is 11.0. The van der Waals surface area contributed by atoms with Gasteiger partial charge >= 0.3 is 0 Å². The zero-order valence-electron chi connectivity index (χ0n) is 18.9. The molecule has 0 spiro atoms. The van der Waals surface area contributed by atoms with Crippen molar-refractivity contribution in [1.29, 1.82) is 0 Å². The molecule has 3 aromatic rings. The maximum Gasteiger partial charge on any atom is 0.131 e. The van der Waals surface area contributed by atoms with Crippen molar-refractivity contribution in [2.75, 3.05) is 33.4 Å². The van der Waals surface area contributed by atoms with Gasteiger partial charge in [-0.05, 0) is 73.4 Å². The van der Waals surface area contributed by atoms with Gasteiger partial charge < -0.3 is 14.9 Å². The average molecular weight is 447 g/mol. The lowest BCUT2D eigenvalue weighted by atomic mass is 9.81. The minimum absolute atomic E-state index is 0.143. The summed E-state index contributed by atoms with van der Waals surface area (Å²) in [4.78, 5) is 14.9. The number of methoxy groups -OCH3 is 1. The van der Waals surface area contributed by atoms with Crippen molar-refractivity contribution in [3.63, 3.8) is 0 Å². The Morgan fingerprint density at radius 1 is 1.18 bits per heavy atom. The zero-order chi connectivity index (χ0) is 23.0. The molecule has 1 aliphatic rings. The molecule has 0 amide bonds. The molecule has 0 aliphatic carbocycles. The van der Waals surface area contributed by atoms with Crippen molar-refractivity contribution in [2.24, 2.45) is 11.8 Å². The molecule has 3 atom stereocenters. The molecule has 7 nitrogen and oxygen atoms in total. The lowest BCUT2D eigenvalue weighted by molar-refractivity contribution is 0.0640. The topological polar surface area (TPSA) is 91.6 Å². The number of likely N-dealkylation sites (tertiary alicyclic amines) is 1. The summed E-state index contributed by atoms with van der Waals surface area (Å²) in [6.45, 7) is 2.53. The SMILES string of the molecule is COc1ccc2nccc([C@@H](O)CC[C@@H]3CCN(CC#Cc4cnccn4)C[C@@H]3CO)c2c1. The number of rotatable bonds is 7. The molecule has 2 aromatic heterocycles. The van der Waals surface area contributed by atoms with Gasteiger partial charge in [0.05, 0.1) is 31.5 Å². The van der Waals surface area contributed by atoms with Gasteiger partial charge in [-0.25, -0.2) is 4.98 Å². The summed E-state index contributed by atoms with van der Waals surface area (Å²) in [7, 11) is 1.64. The molecule has 1 saturated heterocycles. The van der Waals surface area contributed by atoms with Crippen LogP contribution in [0.5, 0.6) is 5.75 Å². The third kappa shape index (κ3) is 5.85. The van der Waals surface area contributed by atoms with Crippen LogP contribution in [0.3, 0.4) is 0 Å². The molecule has 33 heavy (non-hydrogen) atoms. The monoisotopic (exact) mass is 446 g/mol. The fourth-order valence-corrected chi connectivity index (χ4v) is 4.58. The summed E-state index contributed by atoms with van der Waals surface area (Å²) in [6, 6.07) is 7.60. The van der Waals surface area contributed by atoms with Crippen molar-refractivity contribution >= 4 is 10.9 Å². The Balaban J connectivity index is 1.34. The summed E-state index contributed by atoms with van der Waals surface area (Å²) in [5, 5.41) is 21.9. The number of aliphatic hydroxyl groups is 2. The van der Waals surface area contributed by atoms with Crippen molar-refractivity contribution in [3.8, 4) is 17.6 Å². The van der Waals surface area contributed by atoms with Crippen LogP contribution >= 0.6 is 0 Å². The number of aliphatic hydroxyl groups excluding tert-OH is 2. The zero-order valence-corrected chi connectivity index (χ0v) is 18.9. The highest BCUT2D eigenvalue weighted by molar-refractivity contribution is 5.83. The molecule has 0 bridgehead atoms. The smallest absolute Gasteiger partial charge is 0.131 e. The van der Waals surface area contributed by atoms with E-state index in [2.05, 4.69) is 31.7 Å². The highest BCUT2D eigenvalue weighted by Crippen LogP contribution is 2.33. The molecule has 1 aromatic carbocycles. The Morgan fingerprint density at radius 2 is 2.09 bits per heavy atom. The van der Waals surface area contributed by atoms with E-state index in [1.165, 1.54) is 0 Å². The lowest BCUT2D eigenvalue weighted by Gasteiger charge is -2.37. The average Bonchev–Trinajstić information content (AvgIpc) is 2.87. The number of hydrogen-bond acceptors (Lipinski definition) is 7. The number of pyridine rings is 1. The molecule has 0 saturated carbocycles. The van der Waals surface area contributed by atoms with Gasteiger partial charge in [0, 0.05) is 37.1 Å². The van der Waals surface area contributed by atoms with Crippen molar-refractivity contribution in [1.82, 2.24) is 19.9 Å². The van der Waals surface area contributed by atoms with Crippen molar-refractivity contribution in [2.45, 2.75) is 25.4 Å². The fourth-order valence-electron chi connectivity index (χ4n) is 4.58. The van der Waals surface area contributed by atoms with E-state index >= 15 is 0 Å². The van der Waals surface area contributed by atoms with Gasteiger partial charge in [-0.15, -0.1) is 0 Å². The van der Waals surface area contributed by atoms with Crippen LogP contribution in [-0.2, 0) is 0 Å². The third-order valence-electron chi connectivity index (χ3n) is 6.44. The van der Waals surface area contributed by atoms with Crippen molar-refractivity contribution < 1.29 is 14.9 Å². The molecule has 4 rings (SSSR count). The second kappa shape index (κ2) is 11.2. The molecule has 7 heteroatoms. The van der Waals surface area contributed by atoms with Gasteiger partial charge in [-0.3, -0.25) is 14.9 Å². The number of hydrogen-bond donors (Lipinski definition) is 2. The maximum absolute atomic E-state index is 11.0. The lowest BCUT2D eigenvalue weighted by Crippen LogP contribution is -2.42. The quantitative estimate of drug-likeness (QED) is 0.539. The summed E-state index contributed by atoms with van der Waals surface area (Å²) in [5.41, 5.74) is 2.38. The summed E-state index contributed by atoms with van der Waals surface area (Å²) >= 11 is 0. The van der Waals surface area contributed by atoms with E-state index in [-0.39, 0.29) is 12.5 Å². The van der Waals surface area contributed by atoms with Crippen LogP contribution in [-0.4, -0.2) is 63.4 Å². The molecule has 1 aliphatic heterocycles. The van der Waals surface area contributed by atoms with Gasteiger partial charge in [-0.2, -0.15) is 0 Å². The largest absolute Gasteiger partial charge is 0.497 e. The predicted octanol–water partition coefficient (Wildman–Crippen LogP) is 2.83. The number of aromatic nitrogens is 3. The normalized spacial score (nSPS) is 19.6. The molecule has 0 unspecified atom stereocenters. The molecule has 172 valence electrons. The minimum atomic E-state index is -0.585. The Morgan fingerprint density at radius 3 is 2.88 bits per heavy atom. The van der Waals surface area contributed by atoms with E-state index in [1.807, 2.05) is 24.3 Å². The first kappa shape index (κ1) is 23.1. The van der Waals surface area contributed by atoms with Gasteiger partial charge in [-0.1, -0.05) is 5.92 Å². The van der Waals surface area contributed by atoms with E-state index in [9.17, 15) is 10.2 Å². The molecule has 1 fully saturated rings. The Hall–Kier alpha value is -3.05. The van der Waals surface area contributed by atoms with Crippen LogP contribution in [0, 0.1) is 23.7 Å². The van der Waals surface area contributed by atoms with Gasteiger partial charge in [0.1, 0.15) is 11.4 Å². The fraction of sp³-hybridized carbons (Fsp3) is 0.423. The minimum Gasteiger partial charge on any atom is -0.497 e. The highest BCUT2D eigenvalue weighted by atomic mass is 16.5. The summed E-state index contributed by atoms with van der Waals surface area (Å²) in [5.74, 6) is 7.51. The Bertz CT molecular complexity index is 1110. The Kier molecular flexibility index (Phi) is 7.84. The van der Waals surface area contributed by atoms with Gasteiger partial charge in [0.2, 0.25) is 0 Å². The van der Waals surface area contributed by atoms with Crippen LogP contribution in [0.15, 0.2) is 49.1 Å². The first-order valence-corrected chi connectivity index (χ1v) is 11.4. The predicted molar refractivity (Wildman–Crippen MR) is 127 cm³/mol. The standard InChI is InChI=1S/C26H30N4O3/c1-33-22-5-6-25-24(15-22)23(8-10-29-25)26(32)7-4-19-9-14-30(17-20(19)18-31)13-2-3-21-16-27-11-12-28-21/h5-6,8,10-12,15-16,19-20,26,31-32H,4,7,9,13-14,17-18H2,1H3/t19-,20-,26+/m1/s1. The highest BCUT2D eigenvalue weighted by Gasteiger charge is 2.29. The molecule has 0 radical (unpaired) electrons. The van der Waals surface area contributed by atoms with Crippen LogP contribution in [0.2, 0.25) is 0 Å². The molecule has 2 N–H and O–H groups in total. The molecular formula is C26H30N4O3. The van der Waals surface area contributed by atoms with Crippen LogP contribution in [0.25, 0.3) is 10.9 Å². The van der Waals surface area contributed by atoms with Crippen LogP contribution in [0.4, 0.5) is 0 Å². The van der Waals surface area contributed by atoms with Crippen molar-refractivity contribution in [3.05, 3.63) is 60.3 Å². The number of ether oxygens (including phenoxy) is 1. The van der Waals surface area contributed by atoms with E-state index in [4.69, 9.17) is 4.74 Å². The number of nitrogens with zero attached hydrogens (tertiary/aromatic N) is 4. The van der Waals surface area contributed by atoms with Gasteiger partial charge in [0.15, 0.2) is 0 Å². The second-order valence-corrected chi connectivity index (χ2v) is 8.50. The van der Waals surface area contributed by atoms with Crippen LogP contribution in [0.1, 0.15) is 36.6 Å². The molecule has 3 heterocycles. The van der Waals surface area contributed by atoms with Crippen LogP contribution < -0.4 is 4.74 Å².